The first kappa shape index (κ1) is 15.5. The van der Waals surface area contributed by atoms with Gasteiger partial charge >= 0.3 is 6.18 Å². The number of nitrogens with two attached hydrogens (primary N) is 1. The highest BCUT2D eigenvalue weighted by atomic mass is 79.9. The van der Waals surface area contributed by atoms with Gasteiger partial charge in [0.1, 0.15) is 5.01 Å². The van der Waals surface area contributed by atoms with E-state index >= 15 is 0 Å². The molecule has 0 saturated heterocycles. The molecule has 2 nitrogen and oxygen atoms in total. The van der Waals surface area contributed by atoms with Gasteiger partial charge < -0.3 is 5.73 Å². The van der Waals surface area contributed by atoms with E-state index in [0.717, 1.165) is 16.6 Å². The largest absolute Gasteiger partial charge is 0.417 e. The Balaban J connectivity index is 2.55. The second-order valence-electron chi connectivity index (χ2n) is 4.25. The fraction of sp³-hybridized carbons (Fsp3) is 0.308. The predicted molar refractivity (Wildman–Crippen MR) is 77.7 cm³/mol. The smallest absolute Gasteiger partial charge is 0.330 e. The Morgan fingerprint density at radius 3 is 2.65 bits per heavy atom. The number of aryl methyl sites for hydroxylation is 1. The molecule has 0 aliphatic carbocycles. The van der Waals surface area contributed by atoms with Gasteiger partial charge in [0.2, 0.25) is 0 Å². The SMILES string of the molecule is Cc1nc(-c2ccc(Br)cc2C(F)(F)F)sc1CCN. The Morgan fingerprint density at radius 1 is 1.35 bits per heavy atom. The molecule has 0 fully saturated rings. The summed E-state index contributed by atoms with van der Waals surface area (Å²) in [6.07, 6.45) is -3.78. The zero-order chi connectivity index (χ0) is 14.9. The summed E-state index contributed by atoms with van der Waals surface area (Å²) < 4.78 is 39.7. The fourth-order valence-electron chi connectivity index (χ4n) is 1.84. The van der Waals surface area contributed by atoms with E-state index in [1.807, 2.05) is 0 Å². The number of rotatable bonds is 3. The van der Waals surface area contributed by atoms with Gasteiger partial charge in [0.25, 0.3) is 0 Å². The maximum Gasteiger partial charge on any atom is 0.417 e. The second kappa shape index (κ2) is 5.83. The quantitative estimate of drug-likeness (QED) is 0.876. The van der Waals surface area contributed by atoms with Gasteiger partial charge in [-0.1, -0.05) is 22.0 Å². The average molecular weight is 365 g/mol. The van der Waals surface area contributed by atoms with Crippen molar-refractivity contribution in [3.8, 4) is 10.6 Å². The standard InChI is InChI=1S/C13H12BrF3N2S/c1-7-11(4-5-18)20-12(19-7)9-3-2-8(14)6-10(9)13(15,16)17/h2-3,6H,4-5,18H2,1H3. The van der Waals surface area contributed by atoms with Crippen LogP contribution in [0.15, 0.2) is 22.7 Å². The molecule has 0 spiro atoms. The fourth-order valence-corrected chi connectivity index (χ4v) is 3.32. The van der Waals surface area contributed by atoms with Crippen molar-refractivity contribution in [1.29, 1.82) is 0 Å². The minimum atomic E-state index is -4.41. The van der Waals surface area contributed by atoms with Crippen LogP contribution in [0, 0.1) is 6.92 Å². The molecule has 108 valence electrons. The van der Waals surface area contributed by atoms with Gasteiger partial charge in [-0.05, 0) is 32.0 Å². The van der Waals surface area contributed by atoms with Gasteiger partial charge in [0, 0.05) is 14.9 Å². The lowest BCUT2D eigenvalue weighted by Gasteiger charge is -2.11. The molecular formula is C13H12BrF3N2S. The molecule has 1 aromatic carbocycles. The molecule has 0 aliphatic heterocycles. The summed E-state index contributed by atoms with van der Waals surface area (Å²) >= 11 is 4.34. The first-order chi connectivity index (χ1) is 9.32. The third-order valence-corrected chi connectivity index (χ3v) is 4.53. The van der Waals surface area contributed by atoms with Gasteiger partial charge in [-0.3, -0.25) is 0 Å². The summed E-state index contributed by atoms with van der Waals surface area (Å²) in [5, 5.41) is 0.380. The molecular weight excluding hydrogens is 353 g/mol. The van der Waals surface area contributed by atoms with Crippen molar-refractivity contribution in [3.63, 3.8) is 0 Å². The number of benzene rings is 1. The minimum absolute atomic E-state index is 0.108. The van der Waals surface area contributed by atoms with Crippen LogP contribution in [-0.4, -0.2) is 11.5 Å². The van der Waals surface area contributed by atoms with Gasteiger partial charge in [0.05, 0.1) is 11.3 Å². The normalized spacial score (nSPS) is 11.9. The second-order valence-corrected chi connectivity index (χ2v) is 6.25. The zero-order valence-electron chi connectivity index (χ0n) is 10.6. The highest BCUT2D eigenvalue weighted by Gasteiger charge is 2.34. The molecule has 0 aliphatic rings. The molecule has 0 saturated carbocycles. The first-order valence-corrected chi connectivity index (χ1v) is 7.47. The predicted octanol–water partition coefficient (Wildman–Crippen LogP) is 4.40. The number of halogens is 4. The summed E-state index contributed by atoms with van der Waals surface area (Å²) in [7, 11) is 0. The molecule has 2 rings (SSSR count). The third-order valence-electron chi connectivity index (χ3n) is 2.78. The van der Waals surface area contributed by atoms with Crippen LogP contribution in [-0.2, 0) is 12.6 Å². The van der Waals surface area contributed by atoms with E-state index in [-0.39, 0.29) is 5.56 Å². The Kier molecular flexibility index (Phi) is 4.51. The maximum atomic E-state index is 13.1. The lowest BCUT2D eigenvalue weighted by atomic mass is 10.1. The average Bonchev–Trinajstić information content (AvgIpc) is 2.70. The lowest BCUT2D eigenvalue weighted by Crippen LogP contribution is -2.07. The van der Waals surface area contributed by atoms with Gasteiger partial charge in [-0.2, -0.15) is 13.2 Å². The maximum absolute atomic E-state index is 13.1. The molecule has 2 aromatic rings. The molecule has 0 unspecified atom stereocenters. The van der Waals surface area contributed by atoms with Crippen molar-refractivity contribution in [2.45, 2.75) is 19.5 Å². The van der Waals surface area contributed by atoms with Crippen molar-refractivity contribution >= 4 is 27.3 Å². The number of thiazole rings is 1. The van der Waals surface area contributed by atoms with E-state index in [1.165, 1.54) is 17.4 Å². The summed E-state index contributed by atoms with van der Waals surface area (Å²) in [4.78, 5) is 5.18. The molecule has 2 N–H and O–H groups in total. The van der Waals surface area contributed by atoms with Crippen molar-refractivity contribution in [3.05, 3.63) is 38.8 Å². The van der Waals surface area contributed by atoms with Crippen molar-refractivity contribution < 1.29 is 13.2 Å². The molecule has 20 heavy (non-hydrogen) atoms. The minimum Gasteiger partial charge on any atom is -0.330 e. The van der Waals surface area contributed by atoms with Crippen LogP contribution < -0.4 is 5.73 Å². The summed E-state index contributed by atoms with van der Waals surface area (Å²) in [6, 6.07) is 4.11. The van der Waals surface area contributed by atoms with Gasteiger partial charge in [0.15, 0.2) is 0 Å². The van der Waals surface area contributed by atoms with Crippen molar-refractivity contribution in [2.75, 3.05) is 6.54 Å². The third kappa shape index (κ3) is 3.21. The van der Waals surface area contributed by atoms with E-state index in [4.69, 9.17) is 5.73 Å². The van der Waals surface area contributed by atoms with Crippen molar-refractivity contribution in [1.82, 2.24) is 4.98 Å². The number of hydrogen-bond donors (Lipinski definition) is 1. The van der Waals surface area contributed by atoms with Crippen LogP contribution in [0.25, 0.3) is 10.6 Å². The molecule has 1 aromatic heterocycles. The summed E-state index contributed by atoms with van der Waals surface area (Å²) in [5.74, 6) is 0. The monoisotopic (exact) mass is 364 g/mol. The Labute approximate surface area is 127 Å². The number of hydrogen-bond acceptors (Lipinski definition) is 3. The summed E-state index contributed by atoms with van der Waals surface area (Å²) in [5.41, 5.74) is 5.66. The van der Waals surface area contributed by atoms with E-state index in [2.05, 4.69) is 20.9 Å². The number of nitrogens with zero attached hydrogens (tertiary/aromatic N) is 1. The van der Waals surface area contributed by atoms with Crippen LogP contribution in [0.1, 0.15) is 16.1 Å². The summed E-state index contributed by atoms with van der Waals surface area (Å²) in [6.45, 7) is 2.24. The highest BCUT2D eigenvalue weighted by Crippen LogP contribution is 2.40. The highest BCUT2D eigenvalue weighted by molar-refractivity contribution is 9.10. The molecule has 1 heterocycles. The van der Waals surface area contributed by atoms with Crippen LogP contribution >= 0.6 is 27.3 Å². The molecule has 0 radical (unpaired) electrons. The van der Waals surface area contributed by atoms with E-state index in [9.17, 15) is 13.2 Å². The van der Waals surface area contributed by atoms with Crippen LogP contribution in [0.5, 0.6) is 0 Å². The van der Waals surface area contributed by atoms with E-state index < -0.39 is 11.7 Å². The van der Waals surface area contributed by atoms with E-state index in [1.54, 1.807) is 13.0 Å². The van der Waals surface area contributed by atoms with Gasteiger partial charge in [-0.25, -0.2) is 4.98 Å². The zero-order valence-corrected chi connectivity index (χ0v) is 13.0. The van der Waals surface area contributed by atoms with Crippen LogP contribution in [0.4, 0.5) is 13.2 Å². The molecule has 7 heteroatoms. The molecule has 0 amide bonds. The Bertz CT molecular complexity index is 623. The number of aromatic nitrogens is 1. The Hall–Kier alpha value is -0.920. The van der Waals surface area contributed by atoms with Crippen LogP contribution in [0.2, 0.25) is 0 Å². The Morgan fingerprint density at radius 2 is 2.05 bits per heavy atom. The molecule has 0 atom stereocenters. The van der Waals surface area contributed by atoms with Gasteiger partial charge in [-0.15, -0.1) is 11.3 Å². The van der Waals surface area contributed by atoms with E-state index in [0.29, 0.717) is 22.4 Å². The van der Waals surface area contributed by atoms with Crippen LogP contribution in [0.3, 0.4) is 0 Å². The first-order valence-electron chi connectivity index (χ1n) is 5.86. The number of alkyl halides is 3. The topological polar surface area (TPSA) is 38.9 Å². The van der Waals surface area contributed by atoms with Crippen molar-refractivity contribution in [2.24, 2.45) is 5.73 Å². The molecule has 0 bridgehead atoms. The lowest BCUT2D eigenvalue weighted by molar-refractivity contribution is -0.137.